The number of allylic oxidation sites excluding steroid dienone is 3. The summed E-state index contributed by atoms with van der Waals surface area (Å²) < 4.78 is 16.8. The predicted octanol–water partition coefficient (Wildman–Crippen LogP) is 4.10. The fourth-order valence-electron chi connectivity index (χ4n) is 4.10. The second kappa shape index (κ2) is 9.70. The number of hydrogen-bond acceptors (Lipinski definition) is 5. The molecule has 0 bridgehead atoms. The van der Waals surface area contributed by atoms with E-state index in [4.69, 9.17) is 14.2 Å². The minimum absolute atomic E-state index is 0.207. The van der Waals surface area contributed by atoms with Gasteiger partial charge in [-0.25, -0.2) is 4.79 Å². The number of methoxy groups -OCH3 is 1. The zero-order chi connectivity index (χ0) is 20.9. The first-order valence-corrected chi connectivity index (χ1v) is 10.8. The molecule has 1 fully saturated rings. The molecule has 0 spiro atoms. The van der Waals surface area contributed by atoms with Crippen LogP contribution in [-0.4, -0.2) is 68.0 Å². The quantitative estimate of drug-likeness (QED) is 0.522. The summed E-state index contributed by atoms with van der Waals surface area (Å²) in [6, 6.07) is 0. The molecule has 0 aromatic heterocycles. The summed E-state index contributed by atoms with van der Waals surface area (Å²) >= 11 is 0. The van der Waals surface area contributed by atoms with Gasteiger partial charge in [0.15, 0.2) is 0 Å². The van der Waals surface area contributed by atoms with Gasteiger partial charge in [-0.3, -0.25) is 0 Å². The van der Waals surface area contributed by atoms with Gasteiger partial charge in [0.05, 0.1) is 12.2 Å². The van der Waals surface area contributed by atoms with Crippen molar-refractivity contribution in [2.45, 2.75) is 52.1 Å². The lowest BCUT2D eigenvalue weighted by molar-refractivity contribution is 0.0257. The summed E-state index contributed by atoms with van der Waals surface area (Å²) in [5, 5.41) is 0. The average Bonchev–Trinajstić information content (AvgIpc) is 2.84. The zero-order valence-corrected chi connectivity index (χ0v) is 18.4. The van der Waals surface area contributed by atoms with Crippen molar-refractivity contribution in [2.24, 2.45) is 5.92 Å². The van der Waals surface area contributed by atoms with Crippen LogP contribution in [0.3, 0.4) is 0 Å². The van der Waals surface area contributed by atoms with E-state index in [1.54, 1.807) is 7.11 Å². The lowest BCUT2D eigenvalue weighted by atomic mass is 9.90. The van der Waals surface area contributed by atoms with Crippen LogP contribution in [-0.2, 0) is 14.2 Å². The normalized spacial score (nSPS) is 22.6. The van der Waals surface area contributed by atoms with Gasteiger partial charge in [0.1, 0.15) is 18.0 Å². The van der Waals surface area contributed by atoms with Gasteiger partial charge in [0.25, 0.3) is 0 Å². The topological polar surface area (TPSA) is 51.2 Å². The number of ether oxygens (including phenoxy) is 3. The third-order valence-electron chi connectivity index (χ3n) is 5.58. The Labute approximate surface area is 175 Å². The number of carbonyl (C=O) groups excluding carboxylic acids is 1. The van der Waals surface area contributed by atoms with Crippen LogP contribution in [0.15, 0.2) is 35.3 Å². The van der Waals surface area contributed by atoms with Crippen molar-refractivity contribution in [3.63, 3.8) is 0 Å². The molecule has 3 aliphatic rings. The summed E-state index contributed by atoms with van der Waals surface area (Å²) in [5.41, 5.74) is 2.14. The molecule has 3 rings (SSSR count). The number of likely N-dealkylation sites (tertiary alicyclic amines) is 1. The van der Waals surface area contributed by atoms with E-state index in [1.165, 1.54) is 11.3 Å². The van der Waals surface area contributed by atoms with E-state index < -0.39 is 5.60 Å². The molecule has 0 N–H and O–H groups in total. The first-order chi connectivity index (χ1) is 13.9. The Balaban J connectivity index is 1.69. The Hall–Kier alpha value is -1.95. The SMILES string of the molecule is COCCCN1CCOC2=C1C=CC1CCN(C(=O)OC(C)(C)C)CCC1=CC2. The summed E-state index contributed by atoms with van der Waals surface area (Å²) in [4.78, 5) is 16.8. The molecular formula is C23H36N2O4. The van der Waals surface area contributed by atoms with Crippen LogP contribution in [0.5, 0.6) is 0 Å². The first-order valence-electron chi connectivity index (χ1n) is 10.8. The highest BCUT2D eigenvalue weighted by Crippen LogP contribution is 2.32. The molecule has 29 heavy (non-hydrogen) atoms. The maximum Gasteiger partial charge on any atom is 0.410 e. The molecule has 1 atom stereocenters. The second-order valence-corrected chi connectivity index (χ2v) is 8.95. The fraction of sp³-hybridized carbons (Fsp3) is 0.696. The summed E-state index contributed by atoms with van der Waals surface area (Å²) in [5.74, 6) is 1.42. The lowest BCUT2D eigenvalue weighted by Crippen LogP contribution is -2.37. The highest BCUT2D eigenvalue weighted by Gasteiger charge is 2.28. The van der Waals surface area contributed by atoms with Gasteiger partial charge in [0, 0.05) is 39.8 Å². The molecule has 1 amide bonds. The van der Waals surface area contributed by atoms with Gasteiger partial charge >= 0.3 is 6.09 Å². The van der Waals surface area contributed by atoms with Crippen molar-refractivity contribution in [3.05, 3.63) is 35.3 Å². The van der Waals surface area contributed by atoms with Crippen LogP contribution in [0.2, 0.25) is 0 Å². The molecular weight excluding hydrogens is 368 g/mol. The smallest absolute Gasteiger partial charge is 0.410 e. The standard InChI is InChI=1S/C23H36N2O4/c1-23(2,3)29-22(26)25-13-10-18-6-8-20-21(9-7-19(18)11-14-25)28-17-15-24(20)12-5-16-27-4/h6-8,18H,5,9-17H2,1-4H3. The number of rotatable bonds is 4. The molecule has 1 unspecified atom stereocenters. The van der Waals surface area contributed by atoms with Crippen molar-refractivity contribution in [2.75, 3.05) is 46.5 Å². The van der Waals surface area contributed by atoms with E-state index in [0.29, 0.717) is 12.5 Å². The Morgan fingerprint density at radius 3 is 2.86 bits per heavy atom. The van der Waals surface area contributed by atoms with Crippen molar-refractivity contribution in [3.8, 4) is 0 Å². The largest absolute Gasteiger partial charge is 0.494 e. The van der Waals surface area contributed by atoms with Crippen LogP contribution in [0, 0.1) is 5.92 Å². The molecule has 6 nitrogen and oxygen atoms in total. The predicted molar refractivity (Wildman–Crippen MR) is 113 cm³/mol. The number of hydrogen-bond donors (Lipinski definition) is 0. The Morgan fingerprint density at radius 2 is 2.10 bits per heavy atom. The molecule has 0 radical (unpaired) electrons. The second-order valence-electron chi connectivity index (χ2n) is 8.95. The first kappa shape index (κ1) is 21.8. The molecule has 1 aliphatic carbocycles. The van der Waals surface area contributed by atoms with E-state index in [1.807, 2.05) is 25.7 Å². The van der Waals surface area contributed by atoms with Crippen LogP contribution >= 0.6 is 0 Å². The van der Waals surface area contributed by atoms with Crippen LogP contribution in [0.1, 0.15) is 46.5 Å². The Kier molecular flexibility index (Phi) is 7.28. The Morgan fingerprint density at radius 1 is 1.28 bits per heavy atom. The van der Waals surface area contributed by atoms with E-state index in [9.17, 15) is 4.79 Å². The van der Waals surface area contributed by atoms with E-state index >= 15 is 0 Å². The molecule has 0 aromatic rings. The monoisotopic (exact) mass is 404 g/mol. The van der Waals surface area contributed by atoms with Crippen molar-refractivity contribution < 1.29 is 19.0 Å². The van der Waals surface area contributed by atoms with E-state index in [0.717, 1.165) is 64.3 Å². The third kappa shape index (κ3) is 6.01. The third-order valence-corrected chi connectivity index (χ3v) is 5.58. The minimum atomic E-state index is -0.461. The van der Waals surface area contributed by atoms with E-state index in [2.05, 4.69) is 23.1 Å². The van der Waals surface area contributed by atoms with Crippen LogP contribution in [0.25, 0.3) is 0 Å². The minimum Gasteiger partial charge on any atom is -0.494 e. The van der Waals surface area contributed by atoms with Gasteiger partial charge in [0.2, 0.25) is 0 Å². The van der Waals surface area contributed by atoms with Gasteiger partial charge in [-0.15, -0.1) is 0 Å². The fourth-order valence-corrected chi connectivity index (χ4v) is 4.10. The molecule has 1 saturated heterocycles. The van der Waals surface area contributed by atoms with Gasteiger partial charge < -0.3 is 24.0 Å². The van der Waals surface area contributed by atoms with E-state index in [-0.39, 0.29) is 6.09 Å². The molecule has 6 heteroatoms. The number of carbonyl (C=O) groups is 1. The van der Waals surface area contributed by atoms with Crippen molar-refractivity contribution in [1.29, 1.82) is 0 Å². The maximum atomic E-state index is 12.5. The zero-order valence-electron chi connectivity index (χ0n) is 18.4. The van der Waals surface area contributed by atoms with Crippen LogP contribution in [0.4, 0.5) is 4.79 Å². The lowest BCUT2D eigenvalue weighted by Gasteiger charge is -2.33. The molecule has 162 valence electrons. The number of nitrogens with zero attached hydrogens (tertiary/aromatic N) is 2. The summed E-state index contributed by atoms with van der Waals surface area (Å²) in [7, 11) is 1.75. The summed E-state index contributed by atoms with van der Waals surface area (Å²) in [6.45, 7) is 10.6. The van der Waals surface area contributed by atoms with Crippen molar-refractivity contribution in [1.82, 2.24) is 9.80 Å². The van der Waals surface area contributed by atoms with Crippen molar-refractivity contribution >= 4 is 6.09 Å². The molecule has 2 aliphatic heterocycles. The van der Waals surface area contributed by atoms with Gasteiger partial charge in [-0.05, 0) is 52.0 Å². The van der Waals surface area contributed by atoms with Gasteiger partial charge in [-0.2, -0.15) is 0 Å². The number of amides is 1. The van der Waals surface area contributed by atoms with Crippen LogP contribution < -0.4 is 0 Å². The number of fused-ring (bicyclic) bond motifs is 1. The average molecular weight is 405 g/mol. The highest BCUT2D eigenvalue weighted by molar-refractivity contribution is 5.68. The molecule has 2 heterocycles. The van der Waals surface area contributed by atoms with Gasteiger partial charge in [-0.1, -0.05) is 17.7 Å². The Bertz CT molecular complexity index is 675. The summed E-state index contributed by atoms with van der Waals surface area (Å²) in [6.07, 6.45) is 10.3. The molecule has 0 aromatic carbocycles. The maximum absolute atomic E-state index is 12.5. The highest BCUT2D eigenvalue weighted by atomic mass is 16.6. The molecule has 0 saturated carbocycles.